The predicted molar refractivity (Wildman–Crippen MR) is 177 cm³/mol. The van der Waals surface area contributed by atoms with E-state index in [9.17, 15) is 18.8 Å². The molecular weight excluding hydrogens is 637 g/mol. The lowest BCUT2D eigenvalue weighted by molar-refractivity contribution is 0.0746. The number of hydrogen-bond acceptors (Lipinski definition) is 5. The van der Waals surface area contributed by atoms with Crippen molar-refractivity contribution in [3.8, 4) is 0 Å². The summed E-state index contributed by atoms with van der Waals surface area (Å²) in [6, 6.07) is 24.8. The summed E-state index contributed by atoms with van der Waals surface area (Å²) in [7, 11) is 0. The van der Waals surface area contributed by atoms with Gasteiger partial charge in [0.05, 0.1) is 16.9 Å². The predicted octanol–water partition coefficient (Wildman–Crippen LogP) is 5.59. The number of amides is 2. The zero-order chi connectivity index (χ0) is 31.1. The van der Waals surface area contributed by atoms with Crippen molar-refractivity contribution in [2.75, 3.05) is 54.4 Å². The van der Waals surface area contributed by atoms with Gasteiger partial charge in [0.1, 0.15) is 5.82 Å². The van der Waals surface area contributed by atoms with Gasteiger partial charge in [0.25, 0.3) is 17.4 Å². The molecule has 230 valence electrons. The number of nitrogens with one attached hydrogen (secondary N) is 1. The summed E-state index contributed by atoms with van der Waals surface area (Å²) >= 11 is 3.49. The Kier molecular flexibility index (Phi) is 7.91. The fraction of sp³-hybridized carbons (Fsp3) is 0.286. The van der Waals surface area contributed by atoms with Gasteiger partial charge in [0.15, 0.2) is 0 Å². The SMILES string of the molecule is O=C(Nc1cc(C(=O)N2CCN(c3ccc(F)cc3)CC2)ccc1N1C[C@@H]2C[C@H](C1)c1cccc(=O)n1C2)c1ccccc1Br. The topological polar surface area (TPSA) is 77.9 Å². The van der Waals surface area contributed by atoms with Crippen LogP contribution in [0.3, 0.4) is 0 Å². The number of aromatic nitrogens is 1. The average Bonchev–Trinajstić information content (AvgIpc) is 3.05. The first-order valence-electron chi connectivity index (χ1n) is 15.3. The molecule has 0 unspecified atom stereocenters. The highest BCUT2D eigenvalue weighted by molar-refractivity contribution is 9.10. The third-order valence-electron chi connectivity index (χ3n) is 9.19. The maximum Gasteiger partial charge on any atom is 0.256 e. The van der Waals surface area contributed by atoms with Crippen LogP contribution < -0.4 is 20.7 Å². The van der Waals surface area contributed by atoms with Crippen LogP contribution in [0, 0.1) is 11.7 Å². The maximum atomic E-state index is 13.8. The van der Waals surface area contributed by atoms with Crippen LogP contribution >= 0.6 is 15.9 Å². The summed E-state index contributed by atoms with van der Waals surface area (Å²) in [5.41, 5.74) is 4.47. The third kappa shape index (κ3) is 5.86. The number of benzene rings is 3. The highest BCUT2D eigenvalue weighted by atomic mass is 79.9. The van der Waals surface area contributed by atoms with Gasteiger partial charge in [-0.25, -0.2) is 4.39 Å². The van der Waals surface area contributed by atoms with Gasteiger partial charge in [-0.3, -0.25) is 14.4 Å². The number of piperazine rings is 1. The van der Waals surface area contributed by atoms with E-state index < -0.39 is 0 Å². The Labute approximate surface area is 269 Å². The minimum absolute atomic E-state index is 0.0402. The first kappa shape index (κ1) is 29.3. The van der Waals surface area contributed by atoms with Crippen molar-refractivity contribution in [1.29, 1.82) is 0 Å². The quantitative estimate of drug-likeness (QED) is 0.300. The normalized spacial score (nSPS) is 19.2. The van der Waals surface area contributed by atoms with Gasteiger partial charge in [-0.2, -0.15) is 0 Å². The van der Waals surface area contributed by atoms with Gasteiger partial charge in [-0.15, -0.1) is 0 Å². The lowest BCUT2D eigenvalue weighted by atomic mass is 9.83. The third-order valence-corrected chi connectivity index (χ3v) is 9.88. The molecule has 2 atom stereocenters. The molecule has 1 aromatic heterocycles. The monoisotopic (exact) mass is 669 g/mol. The van der Waals surface area contributed by atoms with Crippen LogP contribution in [0.15, 0.2) is 94.2 Å². The van der Waals surface area contributed by atoms with Crippen LogP contribution in [-0.2, 0) is 6.54 Å². The molecule has 45 heavy (non-hydrogen) atoms. The molecule has 1 N–H and O–H groups in total. The number of pyridine rings is 1. The molecule has 2 saturated heterocycles. The van der Waals surface area contributed by atoms with Crippen molar-refractivity contribution in [3.05, 3.63) is 122 Å². The van der Waals surface area contributed by atoms with Crippen LogP contribution in [0.1, 0.15) is 38.7 Å². The lowest BCUT2D eigenvalue weighted by Crippen LogP contribution is -2.49. The number of carbonyl (C=O) groups excluding carboxylic acids is 2. The van der Waals surface area contributed by atoms with Crippen molar-refractivity contribution < 1.29 is 14.0 Å². The standard InChI is InChI=1S/C35H33BrFN5O3/c36-29-5-2-1-4-28(29)34(44)38-30-19-24(35(45)40-16-14-39(15-17-40)27-11-9-26(37)10-12-27)8-13-32(30)41-20-23-18-25(22-41)31-6-3-7-33(43)42(31)21-23/h1-13,19,23,25H,14-18,20-22H2,(H,38,44)/t23-,25+/m0/s1. The summed E-state index contributed by atoms with van der Waals surface area (Å²) < 4.78 is 16.0. The van der Waals surface area contributed by atoms with Gasteiger partial charge in [-0.1, -0.05) is 18.2 Å². The zero-order valence-corrected chi connectivity index (χ0v) is 26.2. The lowest BCUT2D eigenvalue weighted by Gasteiger charge is -2.44. The summed E-state index contributed by atoms with van der Waals surface area (Å²) in [5, 5.41) is 3.11. The molecule has 2 bridgehead atoms. The molecule has 3 aliphatic rings. The Morgan fingerprint density at radius 3 is 2.38 bits per heavy atom. The minimum Gasteiger partial charge on any atom is -0.369 e. The molecule has 8 nitrogen and oxygen atoms in total. The molecule has 10 heteroatoms. The fourth-order valence-electron chi connectivity index (χ4n) is 6.98. The second-order valence-corrected chi connectivity index (χ2v) is 12.9. The van der Waals surface area contributed by atoms with Gasteiger partial charge >= 0.3 is 0 Å². The first-order valence-corrected chi connectivity index (χ1v) is 16.1. The largest absolute Gasteiger partial charge is 0.369 e. The van der Waals surface area contributed by atoms with Crippen LogP contribution in [0.25, 0.3) is 0 Å². The fourth-order valence-corrected chi connectivity index (χ4v) is 7.44. The zero-order valence-electron chi connectivity index (χ0n) is 24.7. The van der Waals surface area contributed by atoms with E-state index in [0.717, 1.165) is 30.0 Å². The van der Waals surface area contributed by atoms with E-state index in [1.54, 1.807) is 30.3 Å². The molecule has 3 aliphatic heterocycles. The van der Waals surface area contributed by atoms with Gasteiger partial charge in [0, 0.05) is 79.2 Å². The van der Waals surface area contributed by atoms with Gasteiger partial charge in [0.2, 0.25) is 0 Å². The molecule has 0 spiro atoms. The Hall–Kier alpha value is -4.44. The molecule has 2 amide bonds. The molecule has 0 aliphatic carbocycles. The average molecular weight is 671 g/mol. The van der Waals surface area contributed by atoms with E-state index in [4.69, 9.17) is 0 Å². The molecular formula is C35H33BrFN5O3. The second-order valence-electron chi connectivity index (χ2n) is 12.0. The number of halogens is 2. The Balaban J connectivity index is 1.15. The molecule has 7 rings (SSSR count). The number of carbonyl (C=O) groups is 2. The number of hydrogen-bond donors (Lipinski definition) is 1. The minimum atomic E-state index is -0.272. The van der Waals surface area contributed by atoms with Crippen molar-refractivity contribution in [3.63, 3.8) is 0 Å². The van der Waals surface area contributed by atoms with Crippen LogP contribution in [0.5, 0.6) is 0 Å². The van der Waals surface area contributed by atoms with E-state index in [-0.39, 0.29) is 29.1 Å². The molecule has 0 radical (unpaired) electrons. The smallest absolute Gasteiger partial charge is 0.256 e. The van der Waals surface area contributed by atoms with Crippen molar-refractivity contribution in [2.45, 2.75) is 18.9 Å². The number of nitrogens with zero attached hydrogens (tertiary/aromatic N) is 4. The molecule has 3 aromatic carbocycles. The van der Waals surface area contributed by atoms with Gasteiger partial charge in [-0.05, 0) is 88.9 Å². The molecule has 0 saturated carbocycles. The highest BCUT2D eigenvalue weighted by Crippen LogP contribution is 2.39. The summed E-state index contributed by atoms with van der Waals surface area (Å²) in [4.78, 5) is 46.1. The number of rotatable bonds is 5. The van der Waals surface area contributed by atoms with E-state index in [1.165, 1.54) is 12.1 Å². The van der Waals surface area contributed by atoms with Crippen LogP contribution in [0.2, 0.25) is 0 Å². The first-order chi connectivity index (χ1) is 21.8. The Bertz CT molecular complexity index is 1820. The number of piperidine rings is 1. The summed E-state index contributed by atoms with van der Waals surface area (Å²) in [6.07, 6.45) is 1.01. The maximum absolute atomic E-state index is 13.8. The van der Waals surface area contributed by atoms with E-state index in [0.29, 0.717) is 66.5 Å². The number of anilines is 3. The van der Waals surface area contributed by atoms with E-state index in [2.05, 4.69) is 31.0 Å². The van der Waals surface area contributed by atoms with Crippen molar-refractivity contribution >= 4 is 44.8 Å². The summed E-state index contributed by atoms with van der Waals surface area (Å²) in [6.45, 7) is 4.46. The Morgan fingerprint density at radius 1 is 0.822 bits per heavy atom. The van der Waals surface area contributed by atoms with E-state index >= 15 is 0 Å². The summed E-state index contributed by atoms with van der Waals surface area (Å²) in [5.74, 6) is -0.152. The number of fused-ring (bicyclic) bond motifs is 4. The van der Waals surface area contributed by atoms with Crippen molar-refractivity contribution in [1.82, 2.24) is 9.47 Å². The molecule has 4 heterocycles. The molecule has 2 fully saturated rings. The van der Waals surface area contributed by atoms with E-state index in [1.807, 2.05) is 51.9 Å². The highest BCUT2D eigenvalue weighted by Gasteiger charge is 2.35. The Morgan fingerprint density at radius 2 is 1.60 bits per heavy atom. The second kappa shape index (κ2) is 12.2. The van der Waals surface area contributed by atoms with Crippen LogP contribution in [-0.4, -0.2) is 60.5 Å². The van der Waals surface area contributed by atoms with Gasteiger partial charge < -0.3 is 24.6 Å². The van der Waals surface area contributed by atoms with Crippen molar-refractivity contribution in [2.24, 2.45) is 5.92 Å². The van der Waals surface area contributed by atoms with Crippen LogP contribution in [0.4, 0.5) is 21.5 Å². The molecule has 4 aromatic rings.